The number of rotatable bonds is 6. The van der Waals surface area contributed by atoms with Crippen LogP contribution in [0.5, 0.6) is 5.75 Å². The van der Waals surface area contributed by atoms with Gasteiger partial charge in [-0.05, 0) is 68.6 Å². The second-order valence-electron chi connectivity index (χ2n) is 7.20. The minimum absolute atomic E-state index is 0.0333. The number of nitrogens with one attached hydrogen (secondary N) is 1. The Bertz CT molecular complexity index is 572. The monoisotopic (exact) mass is 316 g/mol. The smallest absolute Gasteiger partial charge is 0.251 e. The number of hydrogen-bond acceptors (Lipinski definition) is 3. The molecule has 1 aromatic carbocycles. The average molecular weight is 316 g/mol. The Morgan fingerprint density at radius 2 is 2.22 bits per heavy atom. The fourth-order valence-electron chi connectivity index (χ4n) is 4.34. The van der Waals surface area contributed by atoms with E-state index in [1.807, 2.05) is 0 Å². The number of amides is 1. The Kier molecular flexibility index (Phi) is 4.79. The van der Waals surface area contributed by atoms with E-state index >= 15 is 0 Å². The van der Waals surface area contributed by atoms with Gasteiger partial charge in [0.15, 0.2) is 0 Å². The zero-order chi connectivity index (χ0) is 16.4. The summed E-state index contributed by atoms with van der Waals surface area (Å²) < 4.78 is 5.56. The molecule has 4 atom stereocenters. The summed E-state index contributed by atoms with van der Waals surface area (Å²) in [5.74, 6) is 2.97. The van der Waals surface area contributed by atoms with Crippen LogP contribution in [0.1, 0.15) is 56.3 Å². The lowest BCUT2D eigenvalue weighted by Crippen LogP contribution is -2.40. The van der Waals surface area contributed by atoms with Crippen molar-refractivity contribution in [2.75, 3.05) is 12.3 Å². The molecule has 1 aromatic rings. The van der Waals surface area contributed by atoms with Crippen molar-refractivity contribution in [2.24, 2.45) is 17.8 Å². The number of carbonyl (C=O) groups excluding carboxylic acids is 1. The van der Waals surface area contributed by atoms with Gasteiger partial charge >= 0.3 is 0 Å². The minimum Gasteiger partial charge on any atom is -0.491 e. The summed E-state index contributed by atoms with van der Waals surface area (Å²) in [5.41, 5.74) is 7.14. The predicted octanol–water partition coefficient (Wildman–Crippen LogP) is 3.61. The topological polar surface area (TPSA) is 64.3 Å². The molecular weight excluding hydrogens is 288 g/mol. The molecule has 2 aliphatic carbocycles. The van der Waals surface area contributed by atoms with E-state index in [0.717, 1.165) is 18.3 Å². The molecule has 23 heavy (non-hydrogen) atoms. The molecule has 0 aromatic heterocycles. The second kappa shape index (κ2) is 6.81. The maximum absolute atomic E-state index is 12.5. The third-order valence-electron chi connectivity index (χ3n) is 5.53. The molecule has 4 heteroatoms. The molecule has 126 valence electrons. The van der Waals surface area contributed by atoms with Gasteiger partial charge in [-0.3, -0.25) is 4.79 Å². The fourth-order valence-corrected chi connectivity index (χ4v) is 4.34. The van der Waals surface area contributed by atoms with Crippen molar-refractivity contribution in [2.45, 2.75) is 52.0 Å². The fraction of sp³-hybridized carbons (Fsp3) is 0.632. The van der Waals surface area contributed by atoms with Crippen molar-refractivity contribution in [1.29, 1.82) is 0 Å². The van der Waals surface area contributed by atoms with Crippen LogP contribution in [0.2, 0.25) is 0 Å². The third kappa shape index (κ3) is 3.46. The molecule has 2 fully saturated rings. The largest absolute Gasteiger partial charge is 0.491 e. The van der Waals surface area contributed by atoms with Crippen LogP contribution in [0.4, 0.5) is 5.69 Å². The molecule has 0 aliphatic heterocycles. The first kappa shape index (κ1) is 16.2. The van der Waals surface area contributed by atoms with Crippen LogP contribution in [0, 0.1) is 17.8 Å². The Labute approximate surface area is 138 Å². The van der Waals surface area contributed by atoms with E-state index in [9.17, 15) is 4.79 Å². The first-order chi connectivity index (χ1) is 11.1. The summed E-state index contributed by atoms with van der Waals surface area (Å²) in [6.07, 6.45) is 6.30. The summed E-state index contributed by atoms with van der Waals surface area (Å²) in [6, 6.07) is 5.54. The van der Waals surface area contributed by atoms with Gasteiger partial charge < -0.3 is 15.8 Å². The molecule has 2 aliphatic rings. The van der Waals surface area contributed by atoms with E-state index in [2.05, 4.69) is 19.2 Å². The highest BCUT2D eigenvalue weighted by Crippen LogP contribution is 2.49. The maximum Gasteiger partial charge on any atom is 0.251 e. The number of nitrogen functional groups attached to an aromatic ring is 1. The van der Waals surface area contributed by atoms with Gasteiger partial charge in [0.25, 0.3) is 5.91 Å². The molecule has 0 heterocycles. The highest BCUT2D eigenvalue weighted by molar-refractivity contribution is 5.95. The van der Waals surface area contributed by atoms with E-state index in [4.69, 9.17) is 10.5 Å². The molecule has 4 unspecified atom stereocenters. The summed E-state index contributed by atoms with van der Waals surface area (Å²) in [6.45, 7) is 4.83. The molecule has 0 saturated heterocycles. The van der Waals surface area contributed by atoms with Crippen molar-refractivity contribution < 1.29 is 9.53 Å². The third-order valence-corrected chi connectivity index (χ3v) is 5.53. The number of fused-ring (bicyclic) bond motifs is 2. The number of anilines is 1. The molecule has 3 N–H and O–H groups in total. The Balaban J connectivity index is 1.60. The normalized spacial score (nSPS) is 27.0. The summed E-state index contributed by atoms with van der Waals surface area (Å²) >= 11 is 0. The summed E-state index contributed by atoms with van der Waals surface area (Å²) in [4.78, 5) is 12.5. The first-order valence-electron chi connectivity index (χ1n) is 8.91. The van der Waals surface area contributed by atoms with E-state index in [1.54, 1.807) is 18.2 Å². The number of carbonyl (C=O) groups is 1. The molecule has 2 saturated carbocycles. The van der Waals surface area contributed by atoms with Crippen molar-refractivity contribution in [1.82, 2.24) is 5.32 Å². The van der Waals surface area contributed by atoms with E-state index < -0.39 is 0 Å². The van der Waals surface area contributed by atoms with E-state index in [1.165, 1.54) is 25.7 Å². The van der Waals surface area contributed by atoms with Crippen molar-refractivity contribution >= 4 is 11.6 Å². The molecular formula is C19H28N2O2. The van der Waals surface area contributed by atoms with Gasteiger partial charge in [-0.2, -0.15) is 0 Å². The van der Waals surface area contributed by atoms with Crippen LogP contribution in [0.25, 0.3) is 0 Å². The standard InChI is InChI=1S/C19H28N2O2/c1-3-8-23-18-7-6-15(11-17(18)20)19(22)21-12(2)16-10-13-4-5-14(16)9-13/h6-7,11-14,16H,3-5,8-10,20H2,1-2H3,(H,21,22). The van der Waals surface area contributed by atoms with Crippen LogP contribution in [0.3, 0.4) is 0 Å². The predicted molar refractivity (Wildman–Crippen MR) is 92.5 cm³/mol. The zero-order valence-electron chi connectivity index (χ0n) is 14.2. The molecule has 1 amide bonds. The second-order valence-corrected chi connectivity index (χ2v) is 7.20. The summed E-state index contributed by atoms with van der Waals surface area (Å²) in [7, 11) is 0. The molecule has 4 nitrogen and oxygen atoms in total. The molecule has 0 spiro atoms. The van der Waals surface area contributed by atoms with E-state index in [0.29, 0.717) is 29.5 Å². The van der Waals surface area contributed by atoms with Crippen LogP contribution in [-0.4, -0.2) is 18.6 Å². The van der Waals surface area contributed by atoms with Gasteiger partial charge in [-0.1, -0.05) is 13.3 Å². The lowest BCUT2D eigenvalue weighted by Gasteiger charge is -2.28. The van der Waals surface area contributed by atoms with Crippen LogP contribution in [0.15, 0.2) is 18.2 Å². The first-order valence-corrected chi connectivity index (χ1v) is 8.91. The SMILES string of the molecule is CCCOc1ccc(C(=O)NC(C)C2CC3CCC2C3)cc1N. The number of benzene rings is 1. The maximum atomic E-state index is 12.5. The van der Waals surface area contributed by atoms with Gasteiger partial charge in [-0.25, -0.2) is 0 Å². The van der Waals surface area contributed by atoms with Gasteiger partial charge in [0.05, 0.1) is 12.3 Å². The highest BCUT2D eigenvalue weighted by atomic mass is 16.5. The minimum atomic E-state index is -0.0333. The number of nitrogens with two attached hydrogens (primary N) is 1. The van der Waals surface area contributed by atoms with Crippen LogP contribution in [-0.2, 0) is 0 Å². The Morgan fingerprint density at radius 1 is 1.39 bits per heavy atom. The van der Waals surface area contributed by atoms with Gasteiger partial charge in [0.1, 0.15) is 5.75 Å². The van der Waals surface area contributed by atoms with Crippen LogP contribution >= 0.6 is 0 Å². The lowest BCUT2D eigenvalue weighted by molar-refractivity contribution is 0.0915. The van der Waals surface area contributed by atoms with Crippen LogP contribution < -0.4 is 15.8 Å². The molecule has 2 bridgehead atoms. The zero-order valence-corrected chi connectivity index (χ0v) is 14.2. The lowest BCUT2D eigenvalue weighted by atomic mass is 9.84. The highest BCUT2D eigenvalue weighted by Gasteiger charge is 2.42. The number of ether oxygens (including phenoxy) is 1. The summed E-state index contributed by atoms with van der Waals surface area (Å²) in [5, 5.41) is 3.18. The Hall–Kier alpha value is -1.71. The van der Waals surface area contributed by atoms with E-state index in [-0.39, 0.29) is 11.9 Å². The molecule has 3 rings (SSSR count). The van der Waals surface area contributed by atoms with Gasteiger partial charge in [-0.15, -0.1) is 0 Å². The molecule has 0 radical (unpaired) electrons. The van der Waals surface area contributed by atoms with Gasteiger partial charge in [0, 0.05) is 11.6 Å². The number of hydrogen-bond donors (Lipinski definition) is 2. The van der Waals surface area contributed by atoms with Crippen molar-refractivity contribution in [3.8, 4) is 5.75 Å². The van der Waals surface area contributed by atoms with Crippen molar-refractivity contribution in [3.63, 3.8) is 0 Å². The van der Waals surface area contributed by atoms with Gasteiger partial charge in [0.2, 0.25) is 0 Å². The Morgan fingerprint density at radius 3 is 2.83 bits per heavy atom. The quantitative estimate of drug-likeness (QED) is 0.788. The average Bonchev–Trinajstić information content (AvgIpc) is 3.16. The van der Waals surface area contributed by atoms with Crippen molar-refractivity contribution in [3.05, 3.63) is 23.8 Å².